The Kier molecular flexibility index (Phi) is 1.82. The molecule has 2 unspecified atom stereocenters. The lowest BCUT2D eigenvalue weighted by Crippen LogP contribution is -2.11. The van der Waals surface area contributed by atoms with Gasteiger partial charge in [-0.05, 0) is 11.8 Å². The van der Waals surface area contributed by atoms with Gasteiger partial charge in [0, 0.05) is 6.42 Å². The number of aliphatic hydroxyl groups is 1. The van der Waals surface area contributed by atoms with Gasteiger partial charge in [-0.3, -0.25) is 4.79 Å². The van der Waals surface area contributed by atoms with Crippen molar-refractivity contribution in [2.45, 2.75) is 39.2 Å². The molecule has 10 heavy (non-hydrogen) atoms. The minimum Gasteiger partial charge on any atom is -0.385 e. The summed E-state index contributed by atoms with van der Waals surface area (Å²) in [5.74, 6) is 0.0179. The number of carbonyl (C=O) groups excluding carboxylic acids is 1. The highest BCUT2D eigenvalue weighted by Gasteiger charge is 2.38. The van der Waals surface area contributed by atoms with Gasteiger partial charge in [-0.1, -0.05) is 20.3 Å². The molecule has 1 rings (SSSR count). The molecule has 0 aromatic carbocycles. The normalized spacial score (nSPS) is 40.7. The minimum absolute atomic E-state index is 0.0179. The quantitative estimate of drug-likeness (QED) is 0.595. The number of ketones is 1. The monoisotopic (exact) mass is 142 g/mol. The molecule has 1 fully saturated rings. The second-order valence-corrected chi connectivity index (χ2v) is 3.53. The maximum atomic E-state index is 10.9. The minimum atomic E-state index is -0.676. The van der Waals surface area contributed by atoms with Gasteiger partial charge in [-0.15, -0.1) is 0 Å². The van der Waals surface area contributed by atoms with Crippen molar-refractivity contribution in [2.75, 3.05) is 0 Å². The van der Waals surface area contributed by atoms with Crippen molar-refractivity contribution in [3.05, 3.63) is 0 Å². The number of hydrogen-bond acceptors (Lipinski definition) is 2. The summed E-state index contributed by atoms with van der Waals surface area (Å²) >= 11 is 0. The first-order chi connectivity index (χ1) is 4.57. The SMILES string of the molecule is CCC1(C)CC(=O)C(O)C1. The van der Waals surface area contributed by atoms with Crippen molar-refractivity contribution in [3.63, 3.8) is 0 Å². The Morgan fingerprint density at radius 2 is 2.40 bits per heavy atom. The topological polar surface area (TPSA) is 37.3 Å². The van der Waals surface area contributed by atoms with Crippen LogP contribution >= 0.6 is 0 Å². The lowest BCUT2D eigenvalue weighted by atomic mass is 9.86. The van der Waals surface area contributed by atoms with Crippen molar-refractivity contribution in [1.29, 1.82) is 0 Å². The summed E-state index contributed by atoms with van der Waals surface area (Å²) < 4.78 is 0. The Bertz CT molecular complexity index is 153. The van der Waals surface area contributed by atoms with Crippen LogP contribution in [-0.4, -0.2) is 17.0 Å². The Hall–Kier alpha value is -0.370. The third kappa shape index (κ3) is 1.21. The fraction of sp³-hybridized carbons (Fsp3) is 0.875. The number of aliphatic hydroxyl groups excluding tert-OH is 1. The molecule has 0 aromatic rings. The first-order valence-corrected chi connectivity index (χ1v) is 3.78. The Morgan fingerprint density at radius 3 is 2.60 bits per heavy atom. The molecule has 58 valence electrons. The molecule has 0 bridgehead atoms. The van der Waals surface area contributed by atoms with Crippen LogP contribution in [0.3, 0.4) is 0 Å². The fourth-order valence-electron chi connectivity index (χ4n) is 1.46. The summed E-state index contributed by atoms with van der Waals surface area (Å²) in [4.78, 5) is 10.9. The van der Waals surface area contributed by atoms with E-state index < -0.39 is 6.10 Å². The maximum absolute atomic E-state index is 10.9. The Labute approximate surface area is 61.2 Å². The van der Waals surface area contributed by atoms with Gasteiger partial charge in [0.25, 0.3) is 0 Å². The van der Waals surface area contributed by atoms with Crippen LogP contribution in [0.1, 0.15) is 33.1 Å². The average molecular weight is 142 g/mol. The molecule has 0 spiro atoms. The van der Waals surface area contributed by atoms with Crippen LogP contribution in [0.4, 0.5) is 0 Å². The number of rotatable bonds is 1. The summed E-state index contributed by atoms with van der Waals surface area (Å²) in [5, 5.41) is 9.11. The molecule has 1 saturated carbocycles. The molecule has 0 radical (unpaired) electrons. The van der Waals surface area contributed by atoms with Gasteiger partial charge in [0.2, 0.25) is 0 Å². The summed E-state index contributed by atoms with van der Waals surface area (Å²) in [6.07, 6.45) is 1.52. The van der Waals surface area contributed by atoms with E-state index in [2.05, 4.69) is 13.8 Å². The highest BCUT2D eigenvalue weighted by molar-refractivity contribution is 5.85. The highest BCUT2D eigenvalue weighted by Crippen LogP contribution is 2.38. The van der Waals surface area contributed by atoms with Crippen molar-refractivity contribution in [3.8, 4) is 0 Å². The van der Waals surface area contributed by atoms with E-state index in [9.17, 15) is 4.79 Å². The van der Waals surface area contributed by atoms with Gasteiger partial charge in [0.05, 0.1) is 0 Å². The van der Waals surface area contributed by atoms with Gasteiger partial charge in [-0.25, -0.2) is 0 Å². The fourth-order valence-corrected chi connectivity index (χ4v) is 1.46. The summed E-state index contributed by atoms with van der Waals surface area (Å²) in [5.41, 5.74) is 0.0799. The third-order valence-corrected chi connectivity index (χ3v) is 2.51. The zero-order valence-corrected chi connectivity index (χ0v) is 6.55. The second-order valence-electron chi connectivity index (χ2n) is 3.53. The maximum Gasteiger partial charge on any atom is 0.161 e. The van der Waals surface area contributed by atoms with Gasteiger partial charge >= 0.3 is 0 Å². The van der Waals surface area contributed by atoms with E-state index >= 15 is 0 Å². The largest absolute Gasteiger partial charge is 0.385 e. The van der Waals surface area contributed by atoms with E-state index in [-0.39, 0.29) is 11.2 Å². The highest BCUT2D eigenvalue weighted by atomic mass is 16.3. The van der Waals surface area contributed by atoms with Crippen LogP contribution in [0, 0.1) is 5.41 Å². The van der Waals surface area contributed by atoms with E-state index in [1.807, 2.05) is 0 Å². The molecule has 2 heteroatoms. The summed E-state index contributed by atoms with van der Waals surface area (Å²) in [6.45, 7) is 4.12. The lowest BCUT2D eigenvalue weighted by molar-refractivity contribution is -0.124. The summed E-state index contributed by atoms with van der Waals surface area (Å²) in [6, 6.07) is 0. The number of Topliss-reactive ketones (excluding diaryl/α,β-unsaturated/α-hetero) is 1. The van der Waals surface area contributed by atoms with E-state index in [1.54, 1.807) is 0 Å². The first-order valence-electron chi connectivity index (χ1n) is 3.78. The van der Waals surface area contributed by atoms with E-state index in [1.165, 1.54) is 0 Å². The second kappa shape index (κ2) is 2.35. The molecule has 2 nitrogen and oxygen atoms in total. The number of hydrogen-bond donors (Lipinski definition) is 1. The van der Waals surface area contributed by atoms with Crippen LogP contribution in [0.25, 0.3) is 0 Å². The Balaban J connectivity index is 2.64. The third-order valence-electron chi connectivity index (χ3n) is 2.51. The van der Waals surface area contributed by atoms with E-state index in [0.29, 0.717) is 12.8 Å². The van der Waals surface area contributed by atoms with E-state index in [0.717, 1.165) is 6.42 Å². The van der Waals surface area contributed by atoms with Crippen molar-refractivity contribution in [1.82, 2.24) is 0 Å². The average Bonchev–Trinajstić information content (AvgIpc) is 2.10. The zero-order valence-electron chi connectivity index (χ0n) is 6.55. The standard InChI is InChI=1S/C8H14O2/c1-3-8(2)4-6(9)7(10)5-8/h6,9H,3-5H2,1-2H3. The molecule has 2 atom stereocenters. The van der Waals surface area contributed by atoms with Crippen molar-refractivity contribution in [2.24, 2.45) is 5.41 Å². The smallest absolute Gasteiger partial charge is 0.161 e. The van der Waals surface area contributed by atoms with Gasteiger partial charge < -0.3 is 5.11 Å². The van der Waals surface area contributed by atoms with E-state index in [4.69, 9.17) is 5.11 Å². The molecule has 0 amide bonds. The van der Waals surface area contributed by atoms with Crippen LogP contribution in [0.2, 0.25) is 0 Å². The lowest BCUT2D eigenvalue weighted by Gasteiger charge is -2.18. The predicted octanol–water partition coefficient (Wildman–Crippen LogP) is 1.13. The molecule has 0 aliphatic heterocycles. The first kappa shape index (κ1) is 7.73. The van der Waals surface area contributed by atoms with Crippen LogP contribution in [-0.2, 0) is 4.79 Å². The van der Waals surface area contributed by atoms with Gasteiger partial charge in [0.1, 0.15) is 6.10 Å². The zero-order chi connectivity index (χ0) is 7.78. The molecule has 0 saturated heterocycles. The Morgan fingerprint density at radius 1 is 1.80 bits per heavy atom. The molecule has 1 N–H and O–H groups in total. The molecule has 1 aliphatic rings. The molecule has 0 heterocycles. The molecule has 1 aliphatic carbocycles. The van der Waals surface area contributed by atoms with Crippen LogP contribution in [0.15, 0.2) is 0 Å². The van der Waals surface area contributed by atoms with Crippen molar-refractivity contribution >= 4 is 5.78 Å². The predicted molar refractivity (Wildman–Crippen MR) is 38.6 cm³/mol. The van der Waals surface area contributed by atoms with Crippen LogP contribution in [0.5, 0.6) is 0 Å². The van der Waals surface area contributed by atoms with Gasteiger partial charge in [-0.2, -0.15) is 0 Å². The van der Waals surface area contributed by atoms with Crippen LogP contribution < -0.4 is 0 Å². The number of carbonyl (C=O) groups is 1. The summed E-state index contributed by atoms with van der Waals surface area (Å²) in [7, 11) is 0. The van der Waals surface area contributed by atoms with Gasteiger partial charge in [0.15, 0.2) is 5.78 Å². The molecular weight excluding hydrogens is 128 g/mol. The molecular formula is C8H14O2. The molecule has 0 aromatic heterocycles. The van der Waals surface area contributed by atoms with Crippen molar-refractivity contribution < 1.29 is 9.90 Å².